The van der Waals surface area contributed by atoms with Gasteiger partial charge in [0.05, 0.1) is 31.2 Å². The number of piperidine rings is 1. The minimum Gasteiger partial charge on any atom is -0.870 e. The third kappa shape index (κ3) is 3.16. The van der Waals surface area contributed by atoms with E-state index in [1.807, 2.05) is 10.6 Å². The predicted octanol–water partition coefficient (Wildman–Crippen LogP) is 0.0409. The fraction of sp³-hybridized carbons (Fsp3) is 0.421. The zero-order valence-electron chi connectivity index (χ0n) is 15.0. The maximum absolute atomic E-state index is 12.5. The van der Waals surface area contributed by atoms with Crippen LogP contribution in [0, 0.1) is 16.0 Å². The highest BCUT2D eigenvalue weighted by Gasteiger charge is 2.37. The van der Waals surface area contributed by atoms with Crippen LogP contribution in [0.4, 0.5) is 5.69 Å². The fourth-order valence-corrected chi connectivity index (χ4v) is 4.57. The van der Waals surface area contributed by atoms with Crippen molar-refractivity contribution < 1.29 is 19.7 Å². The number of nitrogens with one attached hydrogen (secondary N) is 1. The first-order chi connectivity index (χ1) is 13.0. The van der Waals surface area contributed by atoms with E-state index in [9.17, 15) is 20.0 Å². The van der Waals surface area contributed by atoms with E-state index in [0.29, 0.717) is 24.6 Å². The number of aromatic nitrogens is 1. The minimum absolute atomic E-state index is 0.00713. The maximum Gasteiger partial charge on any atom is 0.273 e. The average Bonchev–Trinajstić information content (AvgIpc) is 2.64. The molecule has 2 aliphatic heterocycles. The number of pyridine rings is 1. The van der Waals surface area contributed by atoms with Crippen LogP contribution in [0.5, 0.6) is 11.5 Å². The molecule has 8 heteroatoms. The Hall–Kier alpha value is -2.87. The van der Waals surface area contributed by atoms with Crippen molar-refractivity contribution in [2.75, 3.05) is 20.2 Å². The normalized spacial score (nSPS) is 23.5. The Morgan fingerprint density at radius 3 is 2.89 bits per heavy atom. The van der Waals surface area contributed by atoms with E-state index >= 15 is 0 Å². The first-order valence-electron chi connectivity index (χ1n) is 9.02. The Kier molecular flexibility index (Phi) is 4.35. The minimum atomic E-state index is -0.506. The van der Waals surface area contributed by atoms with Gasteiger partial charge < -0.3 is 19.3 Å². The van der Waals surface area contributed by atoms with Gasteiger partial charge in [-0.2, -0.15) is 0 Å². The summed E-state index contributed by atoms with van der Waals surface area (Å²) < 4.78 is 6.90. The largest absolute Gasteiger partial charge is 0.870 e. The Labute approximate surface area is 155 Å². The van der Waals surface area contributed by atoms with E-state index in [1.165, 1.54) is 24.1 Å². The predicted molar refractivity (Wildman–Crippen MR) is 95.0 cm³/mol. The number of quaternary nitrogens is 1. The number of fused-ring (bicyclic) bond motifs is 4. The number of ether oxygens (including phenoxy) is 1. The second-order valence-electron chi connectivity index (χ2n) is 7.43. The second kappa shape index (κ2) is 6.70. The molecular weight excluding hydrogens is 350 g/mol. The van der Waals surface area contributed by atoms with Crippen molar-refractivity contribution in [2.45, 2.75) is 25.4 Å². The molecular formula is C19H21N3O5. The van der Waals surface area contributed by atoms with Gasteiger partial charge in [-0.15, -0.1) is 0 Å². The lowest BCUT2D eigenvalue weighted by atomic mass is 9.83. The second-order valence-corrected chi connectivity index (χ2v) is 7.43. The Morgan fingerprint density at radius 2 is 2.15 bits per heavy atom. The summed E-state index contributed by atoms with van der Waals surface area (Å²) in [5, 5.41) is 23.7. The maximum atomic E-state index is 12.5. The molecule has 1 unspecified atom stereocenters. The molecule has 0 radical (unpaired) electrons. The van der Waals surface area contributed by atoms with Gasteiger partial charge in [0.2, 0.25) is 0 Å². The SMILES string of the molecule is COc1cc([N+](=O)[O-])cc(C[NH+]2C[C@H]3C[C@@H](C2)c2cccc(=O)n2C3)c1[O-]. The third-order valence-electron chi connectivity index (χ3n) is 5.66. The van der Waals surface area contributed by atoms with Gasteiger partial charge in [-0.3, -0.25) is 14.9 Å². The molecule has 27 heavy (non-hydrogen) atoms. The lowest BCUT2D eigenvalue weighted by Crippen LogP contribution is -3.13. The first-order valence-corrected chi connectivity index (χ1v) is 9.02. The monoisotopic (exact) mass is 371 g/mol. The van der Waals surface area contributed by atoms with E-state index in [4.69, 9.17) is 4.74 Å². The molecule has 0 saturated carbocycles. The highest BCUT2D eigenvalue weighted by atomic mass is 16.6. The van der Waals surface area contributed by atoms with E-state index in [0.717, 1.165) is 25.2 Å². The smallest absolute Gasteiger partial charge is 0.273 e. The van der Waals surface area contributed by atoms with Crippen LogP contribution in [0.15, 0.2) is 35.1 Å². The van der Waals surface area contributed by atoms with Gasteiger partial charge in [-0.05, 0) is 12.5 Å². The van der Waals surface area contributed by atoms with Gasteiger partial charge in [0, 0.05) is 41.8 Å². The number of likely N-dealkylation sites (tertiary alicyclic amines) is 1. The van der Waals surface area contributed by atoms with Crippen molar-refractivity contribution in [2.24, 2.45) is 5.92 Å². The fourth-order valence-electron chi connectivity index (χ4n) is 4.57. The van der Waals surface area contributed by atoms with Crippen molar-refractivity contribution in [3.63, 3.8) is 0 Å². The molecule has 1 aromatic heterocycles. The summed E-state index contributed by atoms with van der Waals surface area (Å²) >= 11 is 0. The van der Waals surface area contributed by atoms with Gasteiger partial charge in [0.1, 0.15) is 12.3 Å². The van der Waals surface area contributed by atoms with Crippen LogP contribution in [0.1, 0.15) is 23.6 Å². The summed E-state index contributed by atoms with van der Waals surface area (Å²) in [5.74, 6) is 0.342. The molecule has 142 valence electrons. The molecule has 1 saturated heterocycles. The molecule has 1 N–H and O–H groups in total. The summed E-state index contributed by atoms with van der Waals surface area (Å²) in [4.78, 5) is 24.0. The van der Waals surface area contributed by atoms with E-state index in [1.54, 1.807) is 12.1 Å². The van der Waals surface area contributed by atoms with Gasteiger partial charge >= 0.3 is 0 Å². The Balaban J connectivity index is 1.61. The Morgan fingerprint density at radius 1 is 1.33 bits per heavy atom. The van der Waals surface area contributed by atoms with Crippen molar-refractivity contribution in [3.8, 4) is 11.5 Å². The molecule has 0 aliphatic carbocycles. The highest BCUT2D eigenvalue weighted by Crippen LogP contribution is 2.33. The van der Waals surface area contributed by atoms with E-state index in [2.05, 4.69) is 0 Å². The molecule has 2 aromatic rings. The first kappa shape index (κ1) is 17.5. The number of nitro groups is 1. The Bertz CT molecular complexity index is 955. The number of nitro benzene ring substituents is 1. The summed E-state index contributed by atoms with van der Waals surface area (Å²) in [7, 11) is 1.34. The van der Waals surface area contributed by atoms with Crippen LogP contribution < -0.4 is 20.3 Å². The van der Waals surface area contributed by atoms with Crippen molar-refractivity contribution in [3.05, 3.63) is 62.1 Å². The third-order valence-corrected chi connectivity index (χ3v) is 5.66. The van der Waals surface area contributed by atoms with E-state index < -0.39 is 4.92 Å². The molecule has 1 fully saturated rings. The standard InChI is InChI=1S/C19H21N3O5/c1-27-17-7-15(22(25)26)6-14(19(17)24)11-20-8-12-5-13(10-20)16-3-2-4-18(23)21(16)9-12/h2-4,6-7,12-13,24H,5,8-11H2,1H3/t12-,13+/m1/s1. The summed E-state index contributed by atoms with van der Waals surface area (Å²) in [6, 6.07) is 7.92. The van der Waals surface area contributed by atoms with E-state index in [-0.39, 0.29) is 28.7 Å². The number of nitrogens with zero attached hydrogens (tertiary/aromatic N) is 2. The number of methoxy groups -OCH3 is 1. The molecule has 2 bridgehead atoms. The number of hydrogen-bond acceptors (Lipinski definition) is 5. The summed E-state index contributed by atoms with van der Waals surface area (Å²) in [5.41, 5.74) is 1.36. The zero-order valence-corrected chi connectivity index (χ0v) is 15.0. The van der Waals surface area contributed by atoms with Crippen molar-refractivity contribution in [1.29, 1.82) is 0 Å². The van der Waals surface area contributed by atoms with Crippen LogP contribution in [0.25, 0.3) is 0 Å². The summed E-state index contributed by atoms with van der Waals surface area (Å²) in [6.07, 6.45) is 1.04. The van der Waals surface area contributed by atoms with Gasteiger partial charge in [-0.1, -0.05) is 11.8 Å². The average molecular weight is 371 g/mol. The zero-order chi connectivity index (χ0) is 19.1. The molecule has 2 aliphatic rings. The van der Waals surface area contributed by atoms with Gasteiger partial charge in [-0.25, -0.2) is 0 Å². The van der Waals surface area contributed by atoms with Crippen LogP contribution in [0.2, 0.25) is 0 Å². The lowest BCUT2D eigenvalue weighted by Gasteiger charge is -2.40. The van der Waals surface area contributed by atoms with Crippen LogP contribution in [0.3, 0.4) is 0 Å². The van der Waals surface area contributed by atoms with Crippen LogP contribution in [-0.2, 0) is 13.1 Å². The number of rotatable bonds is 4. The number of benzene rings is 1. The lowest BCUT2D eigenvalue weighted by molar-refractivity contribution is -0.924. The van der Waals surface area contributed by atoms with Crippen molar-refractivity contribution in [1.82, 2.24) is 4.57 Å². The molecule has 0 amide bonds. The van der Waals surface area contributed by atoms with Crippen LogP contribution in [-0.4, -0.2) is 29.7 Å². The van der Waals surface area contributed by atoms with Crippen molar-refractivity contribution >= 4 is 5.69 Å². The molecule has 1 aromatic carbocycles. The quantitative estimate of drug-likeness (QED) is 0.604. The molecule has 3 atom stereocenters. The molecule has 3 heterocycles. The number of hydrogen-bond donors (Lipinski definition) is 1. The summed E-state index contributed by atoms with van der Waals surface area (Å²) in [6.45, 7) is 2.74. The molecule has 0 spiro atoms. The van der Waals surface area contributed by atoms with Crippen LogP contribution >= 0.6 is 0 Å². The molecule has 8 nitrogen and oxygen atoms in total. The topological polar surface area (TPSA) is 102 Å². The molecule has 4 rings (SSSR count). The van der Waals surface area contributed by atoms with Gasteiger partial charge in [0.15, 0.2) is 0 Å². The van der Waals surface area contributed by atoms with Gasteiger partial charge in [0.25, 0.3) is 11.2 Å². The highest BCUT2D eigenvalue weighted by molar-refractivity contribution is 5.52. The number of non-ortho nitro benzene ring substituents is 1.